The molecule has 0 aliphatic carbocycles. The van der Waals surface area contributed by atoms with E-state index in [0.717, 1.165) is 17.9 Å². The molecule has 0 aromatic carbocycles. The van der Waals surface area contributed by atoms with E-state index in [1.165, 1.54) is 6.42 Å². The summed E-state index contributed by atoms with van der Waals surface area (Å²) < 4.78 is 0. The highest BCUT2D eigenvalue weighted by atomic mass is 16.3. The summed E-state index contributed by atoms with van der Waals surface area (Å²) in [7, 11) is 2.04. The van der Waals surface area contributed by atoms with Crippen molar-refractivity contribution in [3.63, 3.8) is 0 Å². The van der Waals surface area contributed by atoms with Gasteiger partial charge in [-0.1, -0.05) is 20.3 Å². The smallest absolute Gasteiger partial charge is 0.128 e. The Morgan fingerprint density at radius 3 is 2.69 bits per heavy atom. The molecule has 1 unspecified atom stereocenters. The summed E-state index contributed by atoms with van der Waals surface area (Å²) in [5, 5.41) is 9.51. The van der Waals surface area contributed by atoms with Crippen molar-refractivity contribution in [2.24, 2.45) is 5.92 Å². The van der Waals surface area contributed by atoms with Crippen molar-refractivity contribution in [2.45, 2.75) is 33.3 Å². The summed E-state index contributed by atoms with van der Waals surface area (Å²) in [5.74, 6) is 1.58. The van der Waals surface area contributed by atoms with Crippen molar-refractivity contribution < 1.29 is 5.11 Å². The number of aliphatic hydroxyl groups is 1. The Labute approximate surface area is 98.1 Å². The van der Waals surface area contributed by atoms with Crippen LogP contribution in [0.15, 0.2) is 18.3 Å². The fourth-order valence-electron chi connectivity index (χ4n) is 1.59. The monoisotopic (exact) mass is 222 g/mol. The highest BCUT2D eigenvalue weighted by molar-refractivity contribution is 5.40. The highest BCUT2D eigenvalue weighted by Crippen LogP contribution is 2.18. The molecule has 0 spiro atoms. The fraction of sp³-hybridized carbons (Fsp3) is 0.615. The molecular weight excluding hydrogens is 200 g/mol. The number of pyridine rings is 1. The molecule has 0 bridgehead atoms. The third-order valence-corrected chi connectivity index (χ3v) is 2.93. The van der Waals surface area contributed by atoms with E-state index >= 15 is 0 Å². The van der Waals surface area contributed by atoms with Crippen molar-refractivity contribution in [1.82, 2.24) is 4.98 Å². The SMILES string of the molecule is CCC(C)CN(C)c1cc([C@H](C)O)ccn1. The van der Waals surface area contributed by atoms with Gasteiger partial charge in [0.05, 0.1) is 6.10 Å². The van der Waals surface area contributed by atoms with Gasteiger partial charge in [-0.25, -0.2) is 4.98 Å². The van der Waals surface area contributed by atoms with Crippen LogP contribution in [0.5, 0.6) is 0 Å². The number of nitrogens with zero attached hydrogens (tertiary/aromatic N) is 2. The van der Waals surface area contributed by atoms with E-state index in [1.54, 1.807) is 13.1 Å². The van der Waals surface area contributed by atoms with Crippen molar-refractivity contribution in [1.29, 1.82) is 0 Å². The molecule has 16 heavy (non-hydrogen) atoms. The third-order valence-electron chi connectivity index (χ3n) is 2.93. The second-order valence-corrected chi connectivity index (χ2v) is 4.52. The van der Waals surface area contributed by atoms with Gasteiger partial charge in [0, 0.05) is 19.8 Å². The second kappa shape index (κ2) is 5.85. The number of aliphatic hydroxyl groups excluding tert-OH is 1. The molecule has 0 amide bonds. The number of hydrogen-bond donors (Lipinski definition) is 1. The van der Waals surface area contributed by atoms with Gasteiger partial charge in [-0.15, -0.1) is 0 Å². The van der Waals surface area contributed by atoms with Crippen LogP contribution < -0.4 is 4.90 Å². The lowest BCUT2D eigenvalue weighted by Crippen LogP contribution is -2.24. The van der Waals surface area contributed by atoms with E-state index in [9.17, 15) is 5.11 Å². The number of anilines is 1. The third kappa shape index (κ3) is 3.49. The molecule has 0 saturated heterocycles. The van der Waals surface area contributed by atoms with Gasteiger partial charge in [0.2, 0.25) is 0 Å². The summed E-state index contributed by atoms with van der Waals surface area (Å²) >= 11 is 0. The lowest BCUT2D eigenvalue weighted by atomic mass is 10.1. The zero-order valence-corrected chi connectivity index (χ0v) is 10.6. The normalized spacial score (nSPS) is 14.6. The van der Waals surface area contributed by atoms with E-state index in [-0.39, 0.29) is 0 Å². The van der Waals surface area contributed by atoms with Crippen LogP contribution in [0.25, 0.3) is 0 Å². The van der Waals surface area contributed by atoms with Gasteiger partial charge in [0.1, 0.15) is 5.82 Å². The molecule has 90 valence electrons. The highest BCUT2D eigenvalue weighted by Gasteiger charge is 2.08. The van der Waals surface area contributed by atoms with Gasteiger partial charge < -0.3 is 10.0 Å². The lowest BCUT2D eigenvalue weighted by molar-refractivity contribution is 0.199. The van der Waals surface area contributed by atoms with Crippen molar-refractivity contribution in [2.75, 3.05) is 18.5 Å². The molecule has 1 aromatic rings. The minimum absolute atomic E-state index is 0.432. The standard InChI is InChI=1S/C13H22N2O/c1-5-10(2)9-15(4)13-8-12(11(3)16)6-7-14-13/h6-8,10-11,16H,5,9H2,1-4H3/t10?,11-/m0/s1. The van der Waals surface area contributed by atoms with Crippen LogP contribution in [-0.2, 0) is 0 Å². The first-order valence-electron chi connectivity index (χ1n) is 5.89. The molecular formula is C13H22N2O. The van der Waals surface area contributed by atoms with Crippen LogP contribution in [0.3, 0.4) is 0 Å². The van der Waals surface area contributed by atoms with Crippen LogP contribution in [0.1, 0.15) is 38.9 Å². The number of hydrogen-bond acceptors (Lipinski definition) is 3. The summed E-state index contributed by atoms with van der Waals surface area (Å²) in [6.07, 6.45) is 2.49. The summed E-state index contributed by atoms with van der Waals surface area (Å²) in [6, 6.07) is 3.80. The molecule has 0 saturated carbocycles. The molecule has 1 aromatic heterocycles. The van der Waals surface area contributed by atoms with Crippen LogP contribution in [-0.4, -0.2) is 23.7 Å². The summed E-state index contributed by atoms with van der Waals surface area (Å²) in [5.41, 5.74) is 0.918. The molecule has 1 rings (SSSR count). The lowest BCUT2D eigenvalue weighted by Gasteiger charge is -2.22. The zero-order chi connectivity index (χ0) is 12.1. The molecule has 2 atom stereocenters. The molecule has 1 N–H and O–H groups in total. The topological polar surface area (TPSA) is 36.4 Å². The summed E-state index contributed by atoms with van der Waals surface area (Å²) in [4.78, 5) is 6.46. The van der Waals surface area contributed by atoms with Gasteiger partial charge >= 0.3 is 0 Å². The largest absolute Gasteiger partial charge is 0.389 e. The average molecular weight is 222 g/mol. The molecule has 0 fully saturated rings. The fourth-order valence-corrected chi connectivity index (χ4v) is 1.59. The quantitative estimate of drug-likeness (QED) is 0.832. The molecule has 1 heterocycles. The molecule has 0 aliphatic heterocycles. The average Bonchev–Trinajstić information content (AvgIpc) is 2.28. The Morgan fingerprint density at radius 2 is 2.12 bits per heavy atom. The van der Waals surface area contributed by atoms with E-state index in [0.29, 0.717) is 5.92 Å². The van der Waals surface area contributed by atoms with Gasteiger partial charge in [-0.05, 0) is 30.5 Å². The number of rotatable bonds is 5. The van der Waals surface area contributed by atoms with Crippen LogP contribution >= 0.6 is 0 Å². The van der Waals surface area contributed by atoms with Crippen LogP contribution in [0, 0.1) is 5.92 Å². The van der Waals surface area contributed by atoms with Crippen molar-refractivity contribution in [3.8, 4) is 0 Å². The maximum atomic E-state index is 9.51. The predicted molar refractivity (Wildman–Crippen MR) is 67.6 cm³/mol. The number of aromatic nitrogens is 1. The van der Waals surface area contributed by atoms with E-state index in [1.807, 2.05) is 19.2 Å². The van der Waals surface area contributed by atoms with Crippen LogP contribution in [0.4, 0.5) is 5.82 Å². The van der Waals surface area contributed by atoms with Crippen molar-refractivity contribution >= 4 is 5.82 Å². The van der Waals surface area contributed by atoms with Gasteiger partial charge in [-0.2, -0.15) is 0 Å². The predicted octanol–water partition coefficient (Wildman–Crippen LogP) is 2.62. The first kappa shape index (κ1) is 13.0. The van der Waals surface area contributed by atoms with E-state index in [2.05, 4.69) is 23.7 Å². The Kier molecular flexibility index (Phi) is 4.74. The first-order valence-corrected chi connectivity index (χ1v) is 5.89. The summed E-state index contributed by atoms with van der Waals surface area (Å²) in [6.45, 7) is 7.19. The Bertz CT molecular complexity index is 325. The maximum absolute atomic E-state index is 9.51. The zero-order valence-electron chi connectivity index (χ0n) is 10.6. The van der Waals surface area contributed by atoms with E-state index < -0.39 is 6.10 Å². The first-order chi connectivity index (χ1) is 7.54. The minimum Gasteiger partial charge on any atom is -0.389 e. The second-order valence-electron chi connectivity index (χ2n) is 4.52. The van der Waals surface area contributed by atoms with Crippen molar-refractivity contribution in [3.05, 3.63) is 23.9 Å². The van der Waals surface area contributed by atoms with Gasteiger partial charge in [0.25, 0.3) is 0 Å². The van der Waals surface area contributed by atoms with Crippen LogP contribution in [0.2, 0.25) is 0 Å². The molecule has 0 radical (unpaired) electrons. The maximum Gasteiger partial charge on any atom is 0.128 e. The Morgan fingerprint density at radius 1 is 1.44 bits per heavy atom. The molecule has 3 heteroatoms. The minimum atomic E-state index is -0.432. The molecule has 3 nitrogen and oxygen atoms in total. The van der Waals surface area contributed by atoms with Gasteiger partial charge in [0.15, 0.2) is 0 Å². The van der Waals surface area contributed by atoms with Gasteiger partial charge in [-0.3, -0.25) is 0 Å². The molecule has 0 aliphatic rings. The van der Waals surface area contributed by atoms with E-state index in [4.69, 9.17) is 0 Å². The Hall–Kier alpha value is -1.09. The Balaban J connectivity index is 2.75.